The summed E-state index contributed by atoms with van der Waals surface area (Å²) >= 11 is 0. The molecule has 1 saturated carbocycles. The molecule has 3 aliphatic rings. The van der Waals surface area contributed by atoms with Gasteiger partial charge in [0.15, 0.2) is 0 Å². The van der Waals surface area contributed by atoms with Gasteiger partial charge in [-0.25, -0.2) is 0 Å². The second kappa shape index (κ2) is 2.83. The molecule has 0 aromatic rings. The van der Waals surface area contributed by atoms with Crippen LogP contribution in [0.1, 0.15) is 12.8 Å². The highest BCUT2D eigenvalue weighted by Gasteiger charge is 2.54. The first-order valence-electron chi connectivity index (χ1n) is 5.29. The van der Waals surface area contributed by atoms with Gasteiger partial charge in [0, 0.05) is 6.04 Å². The summed E-state index contributed by atoms with van der Waals surface area (Å²) in [5.41, 5.74) is 0.456. The Hall–Kier alpha value is -1.35. The number of carboxylic acids is 1. The quantitative estimate of drug-likeness (QED) is 0.674. The highest BCUT2D eigenvalue weighted by molar-refractivity contribution is 5.80. The van der Waals surface area contributed by atoms with Crippen LogP contribution >= 0.6 is 0 Å². The van der Waals surface area contributed by atoms with Crippen LogP contribution in [0.3, 0.4) is 0 Å². The third kappa shape index (κ3) is 1.07. The van der Waals surface area contributed by atoms with E-state index in [-0.39, 0.29) is 12.1 Å². The maximum atomic E-state index is 11.3. The van der Waals surface area contributed by atoms with Crippen molar-refractivity contribution in [2.75, 3.05) is 0 Å². The summed E-state index contributed by atoms with van der Waals surface area (Å²) in [6, 6.07) is 0.327. The third-order valence-electron chi connectivity index (χ3n) is 3.73. The lowest BCUT2D eigenvalue weighted by molar-refractivity contribution is -0.153. The van der Waals surface area contributed by atoms with Gasteiger partial charge in [-0.15, -0.1) is 0 Å². The Morgan fingerprint density at radius 1 is 1.53 bits per heavy atom. The molecule has 0 radical (unpaired) electrons. The molecule has 3 atom stereocenters. The zero-order valence-corrected chi connectivity index (χ0v) is 8.31. The van der Waals surface area contributed by atoms with Gasteiger partial charge >= 0.3 is 5.97 Å². The topological polar surface area (TPSA) is 49.3 Å². The first kappa shape index (κ1) is 8.92. The van der Waals surface area contributed by atoms with Crippen LogP contribution in [0.2, 0.25) is 0 Å². The van der Waals surface area contributed by atoms with Crippen LogP contribution in [0.5, 0.6) is 0 Å². The monoisotopic (exact) mass is 203 g/mol. The number of rotatable bonds is 1. The van der Waals surface area contributed by atoms with E-state index in [1.807, 2.05) is 24.3 Å². The maximum absolute atomic E-state index is 11.3. The van der Waals surface area contributed by atoms with E-state index in [0.29, 0.717) is 0 Å². The van der Waals surface area contributed by atoms with Crippen molar-refractivity contribution in [3.05, 3.63) is 36.0 Å². The van der Waals surface area contributed by atoms with Crippen molar-refractivity contribution in [1.82, 2.24) is 5.32 Å². The molecule has 0 saturated heterocycles. The lowest BCUT2D eigenvalue weighted by Gasteiger charge is -2.50. The summed E-state index contributed by atoms with van der Waals surface area (Å²) in [5, 5.41) is 12.7. The van der Waals surface area contributed by atoms with Crippen LogP contribution < -0.4 is 5.32 Å². The lowest BCUT2D eigenvalue weighted by Crippen LogP contribution is -2.62. The van der Waals surface area contributed by atoms with E-state index >= 15 is 0 Å². The molecule has 0 aromatic carbocycles. The molecule has 15 heavy (non-hydrogen) atoms. The fraction of sp³-hybridized carbons (Fsp3) is 0.417. The van der Waals surface area contributed by atoms with Crippen LogP contribution in [0.4, 0.5) is 0 Å². The minimum atomic E-state index is -0.694. The van der Waals surface area contributed by atoms with E-state index in [1.54, 1.807) is 0 Å². The summed E-state index contributed by atoms with van der Waals surface area (Å²) in [6.07, 6.45) is 11.7. The molecule has 1 fully saturated rings. The molecule has 2 aliphatic carbocycles. The smallest absolute Gasteiger partial charge is 0.315 e. The fourth-order valence-electron chi connectivity index (χ4n) is 2.68. The Labute approximate surface area is 88.2 Å². The standard InChI is InChI=1S/C12H13NO2/c14-11(15)12-6-5-10(12)13-9-4-2-1-3-8(9)7-12/h1-4,7,9-10,13H,5-6H2,(H,14,15). The number of nitrogens with one attached hydrogen (secondary N) is 1. The number of aliphatic carboxylic acids is 1. The molecule has 1 aliphatic heterocycles. The molecule has 0 spiro atoms. The van der Waals surface area contributed by atoms with E-state index in [0.717, 1.165) is 18.4 Å². The van der Waals surface area contributed by atoms with Crippen LogP contribution in [-0.2, 0) is 4.79 Å². The fourth-order valence-corrected chi connectivity index (χ4v) is 2.68. The Kier molecular flexibility index (Phi) is 1.68. The molecule has 3 rings (SSSR count). The van der Waals surface area contributed by atoms with Gasteiger partial charge in [-0.3, -0.25) is 4.79 Å². The molecular weight excluding hydrogens is 190 g/mol. The van der Waals surface area contributed by atoms with E-state index in [4.69, 9.17) is 0 Å². The van der Waals surface area contributed by atoms with Gasteiger partial charge in [-0.2, -0.15) is 0 Å². The van der Waals surface area contributed by atoms with E-state index in [2.05, 4.69) is 11.4 Å². The van der Waals surface area contributed by atoms with Crippen molar-refractivity contribution in [3.63, 3.8) is 0 Å². The van der Waals surface area contributed by atoms with Crippen molar-refractivity contribution < 1.29 is 9.90 Å². The number of carbonyl (C=O) groups is 1. The van der Waals surface area contributed by atoms with Crippen LogP contribution in [0.25, 0.3) is 0 Å². The second-order valence-corrected chi connectivity index (χ2v) is 4.47. The molecule has 78 valence electrons. The second-order valence-electron chi connectivity index (χ2n) is 4.47. The molecule has 1 heterocycles. The van der Waals surface area contributed by atoms with Crippen LogP contribution in [0, 0.1) is 5.41 Å². The largest absolute Gasteiger partial charge is 0.481 e. The Morgan fingerprint density at radius 3 is 3.07 bits per heavy atom. The summed E-state index contributed by atoms with van der Waals surface area (Å²) in [7, 11) is 0. The van der Waals surface area contributed by atoms with Gasteiger partial charge in [0.25, 0.3) is 0 Å². The van der Waals surface area contributed by atoms with Gasteiger partial charge in [0.1, 0.15) is 5.41 Å². The summed E-state index contributed by atoms with van der Waals surface area (Å²) < 4.78 is 0. The zero-order chi connectivity index (χ0) is 10.5. The number of carboxylic acid groups (broad SMARTS) is 1. The van der Waals surface area contributed by atoms with Crippen molar-refractivity contribution >= 4 is 5.97 Å². The van der Waals surface area contributed by atoms with Crippen molar-refractivity contribution in [2.45, 2.75) is 24.9 Å². The van der Waals surface area contributed by atoms with Gasteiger partial charge in [-0.05, 0) is 18.4 Å². The summed E-state index contributed by atoms with van der Waals surface area (Å²) in [6.45, 7) is 0. The molecule has 3 unspecified atom stereocenters. The number of allylic oxidation sites excluding steroid dienone is 2. The minimum absolute atomic E-state index is 0.111. The van der Waals surface area contributed by atoms with Gasteiger partial charge < -0.3 is 10.4 Å². The normalized spacial score (nSPS) is 41.2. The molecule has 0 amide bonds. The molecule has 0 aromatic heterocycles. The predicted molar refractivity (Wildman–Crippen MR) is 56.4 cm³/mol. The summed E-state index contributed by atoms with van der Waals surface area (Å²) in [5.74, 6) is -0.694. The zero-order valence-electron chi connectivity index (χ0n) is 8.31. The third-order valence-corrected chi connectivity index (χ3v) is 3.73. The average Bonchev–Trinajstić information content (AvgIpc) is 2.20. The van der Waals surface area contributed by atoms with Crippen molar-refractivity contribution in [1.29, 1.82) is 0 Å². The molecule has 3 heteroatoms. The number of hydrogen-bond donors (Lipinski definition) is 2. The average molecular weight is 203 g/mol. The first-order valence-corrected chi connectivity index (χ1v) is 5.29. The SMILES string of the molecule is O=C(O)C12C=C3C=CC=CC3NC1CC2. The molecule has 2 N–H and O–H groups in total. The van der Waals surface area contributed by atoms with E-state index in [1.165, 1.54) is 0 Å². The lowest BCUT2D eigenvalue weighted by atomic mass is 9.61. The molecule has 0 bridgehead atoms. The van der Waals surface area contributed by atoms with E-state index < -0.39 is 11.4 Å². The Bertz CT molecular complexity index is 408. The van der Waals surface area contributed by atoms with E-state index in [9.17, 15) is 9.90 Å². The highest BCUT2D eigenvalue weighted by Crippen LogP contribution is 2.47. The van der Waals surface area contributed by atoms with Gasteiger partial charge in [0.2, 0.25) is 0 Å². The number of fused-ring (bicyclic) bond motifs is 2. The minimum Gasteiger partial charge on any atom is -0.481 e. The van der Waals surface area contributed by atoms with Crippen LogP contribution in [-0.4, -0.2) is 23.2 Å². The van der Waals surface area contributed by atoms with Crippen molar-refractivity contribution in [3.8, 4) is 0 Å². The van der Waals surface area contributed by atoms with Crippen molar-refractivity contribution in [2.24, 2.45) is 5.41 Å². The van der Waals surface area contributed by atoms with Gasteiger partial charge in [-0.1, -0.05) is 30.4 Å². The summed E-state index contributed by atoms with van der Waals surface area (Å²) in [4.78, 5) is 11.3. The molecule has 3 nitrogen and oxygen atoms in total. The first-order chi connectivity index (χ1) is 7.22. The number of hydrogen-bond acceptors (Lipinski definition) is 2. The maximum Gasteiger partial charge on any atom is 0.315 e. The Morgan fingerprint density at radius 2 is 2.40 bits per heavy atom. The Balaban J connectivity index is 2.03. The van der Waals surface area contributed by atoms with Crippen LogP contribution in [0.15, 0.2) is 36.0 Å². The highest BCUT2D eigenvalue weighted by atomic mass is 16.4. The predicted octanol–water partition coefficient (Wildman–Crippen LogP) is 1.24. The van der Waals surface area contributed by atoms with Gasteiger partial charge in [0.05, 0.1) is 6.04 Å². The molecular formula is C12H13NO2.